The fourth-order valence-electron chi connectivity index (χ4n) is 7.84. The molecule has 0 aliphatic heterocycles. The van der Waals surface area contributed by atoms with E-state index in [4.69, 9.17) is 3.07 Å². The average molecular weight is 442 g/mol. The summed E-state index contributed by atoms with van der Waals surface area (Å²) in [4.78, 5) is 0. The number of hydrogen-bond donors (Lipinski definition) is 0. The molecular formula is C22H35IO. The van der Waals surface area contributed by atoms with E-state index < -0.39 is 0 Å². The van der Waals surface area contributed by atoms with Gasteiger partial charge in [-0.1, -0.05) is 39.3 Å². The van der Waals surface area contributed by atoms with Gasteiger partial charge in [-0.2, -0.15) is 0 Å². The molecule has 4 aliphatic carbocycles. The van der Waals surface area contributed by atoms with E-state index in [9.17, 15) is 0 Å². The summed E-state index contributed by atoms with van der Waals surface area (Å²) < 4.78 is 5.68. The highest BCUT2D eigenvalue weighted by Gasteiger charge is 2.58. The fourth-order valence-corrected chi connectivity index (χ4v) is 8.27. The first-order chi connectivity index (χ1) is 11.4. The van der Waals surface area contributed by atoms with E-state index in [0.29, 0.717) is 16.9 Å². The van der Waals surface area contributed by atoms with Gasteiger partial charge >= 0.3 is 0 Å². The third-order valence-corrected chi connectivity index (χ3v) is 9.78. The Bertz CT molecular complexity index is 526. The molecule has 3 saturated carbocycles. The van der Waals surface area contributed by atoms with Gasteiger partial charge in [0.1, 0.15) is 23.0 Å². The molecule has 2 heteroatoms. The van der Waals surface area contributed by atoms with Gasteiger partial charge in [0, 0.05) is 0 Å². The standard InChI is InChI=1S/C22H35IO/c1-14(2)18-7-8-19-17-6-5-15-13-16(24-23)9-11-21(15,3)20(17)10-12-22(18,19)4/h5,14,16-20H,6-13H2,1-4H3/t16-,17?,18+,19?,20?,21-,22+/m0/s1. The molecule has 7 atom stereocenters. The summed E-state index contributed by atoms with van der Waals surface area (Å²) in [5.41, 5.74) is 2.85. The van der Waals surface area contributed by atoms with Crippen LogP contribution in [-0.2, 0) is 3.07 Å². The molecule has 0 amide bonds. The van der Waals surface area contributed by atoms with Crippen molar-refractivity contribution < 1.29 is 3.07 Å². The quantitative estimate of drug-likeness (QED) is 0.332. The lowest BCUT2D eigenvalue weighted by atomic mass is 9.47. The fraction of sp³-hybridized carbons (Fsp3) is 0.909. The Labute approximate surface area is 163 Å². The first kappa shape index (κ1) is 17.8. The molecule has 0 aromatic rings. The van der Waals surface area contributed by atoms with Gasteiger partial charge in [-0.25, -0.2) is 0 Å². The third kappa shape index (κ3) is 2.48. The van der Waals surface area contributed by atoms with Gasteiger partial charge in [-0.05, 0) is 91.8 Å². The van der Waals surface area contributed by atoms with Crippen LogP contribution in [0, 0.1) is 40.4 Å². The highest BCUT2D eigenvalue weighted by atomic mass is 127. The molecule has 3 fully saturated rings. The molecule has 0 bridgehead atoms. The average Bonchev–Trinajstić information content (AvgIpc) is 2.91. The van der Waals surface area contributed by atoms with Crippen LogP contribution in [0.25, 0.3) is 0 Å². The molecule has 0 radical (unpaired) electrons. The van der Waals surface area contributed by atoms with Crippen LogP contribution in [0.3, 0.4) is 0 Å². The van der Waals surface area contributed by atoms with Gasteiger partial charge in [0.2, 0.25) is 0 Å². The topological polar surface area (TPSA) is 9.23 Å². The maximum Gasteiger partial charge on any atom is 0.110 e. The summed E-state index contributed by atoms with van der Waals surface area (Å²) in [5, 5.41) is 0. The molecule has 24 heavy (non-hydrogen) atoms. The number of allylic oxidation sites excluding steroid dienone is 1. The van der Waals surface area contributed by atoms with E-state index in [2.05, 4.69) is 56.8 Å². The molecule has 1 nitrogen and oxygen atoms in total. The van der Waals surface area contributed by atoms with Crippen molar-refractivity contribution in [1.82, 2.24) is 0 Å². The zero-order chi connectivity index (χ0) is 17.1. The van der Waals surface area contributed by atoms with E-state index in [1.54, 1.807) is 5.57 Å². The molecule has 4 rings (SSSR count). The summed E-state index contributed by atoms with van der Waals surface area (Å²) in [6, 6.07) is 0. The highest BCUT2D eigenvalue weighted by Crippen LogP contribution is 2.67. The van der Waals surface area contributed by atoms with Crippen molar-refractivity contribution >= 4 is 23.0 Å². The Morgan fingerprint density at radius 1 is 1.08 bits per heavy atom. The minimum absolute atomic E-state index is 0.465. The molecule has 0 N–H and O–H groups in total. The molecular weight excluding hydrogens is 407 g/mol. The van der Waals surface area contributed by atoms with Crippen LogP contribution in [0.2, 0.25) is 0 Å². The van der Waals surface area contributed by atoms with Crippen LogP contribution in [0.1, 0.15) is 79.1 Å². The lowest BCUT2D eigenvalue weighted by Gasteiger charge is -2.58. The lowest BCUT2D eigenvalue weighted by Crippen LogP contribution is -2.50. The summed E-state index contributed by atoms with van der Waals surface area (Å²) in [7, 11) is 0. The van der Waals surface area contributed by atoms with Gasteiger partial charge in [-0.3, -0.25) is 0 Å². The van der Waals surface area contributed by atoms with Gasteiger partial charge in [0.25, 0.3) is 0 Å². The van der Waals surface area contributed by atoms with Crippen molar-refractivity contribution in [3.05, 3.63) is 11.6 Å². The molecule has 0 aromatic heterocycles. The van der Waals surface area contributed by atoms with Crippen LogP contribution in [0.5, 0.6) is 0 Å². The summed E-state index contributed by atoms with van der Waals surface area (Å²) in [6.45, 7) is 10.2. The third-order valence-electron chi connectivity index (χ3n) is 9.06. The van der Waals surface area contributed by atoms with Crippen LogP contribution in [0.15, 0.2) is 11.6 Å². The Morgan fingerprint density at radius 2 is 1.88 bits per heavy atom. The molecule has 0 saturated heterocycles. The SMILES string of the molecule is CC(C)[C@H]1CCC2C3CC=C4C[C@@H](OI)CC[C@]4(C)C3CC[C@@]21C. The molecule has 3 unspecified atom stereocenters. The Balaban J connectivity index is 1.62. The van der Waals surface area contributed by atoms with Crippen molar-refractivity contribution in [3.8, 4) is 0 Å². The lowest BCUT2D eigenvalue weighted by molar-refractivity contribution is -0.0526. The minimum Gasteiger partial charge on any atom is -0.312 e. The number of rotatable bonds is 2. The van der Waals surface area contributed by atoms with Crippen molar-refractivity contribution in [2.45, 2.75) is 85.2 Å². The molecule has 0 heterocycles. The second-order valence-corrected chi connectivity index (χ2v) is 10.7. The first-order valence-corrected chi connectivity index (χ1v) is 11.2. The van der Waals surface area contributed by atoms with Crippen molar-refractivity contribution in [2.75, 3.05) is 0 Å². The second kappa shape index (κ2) is 6.25. The number of halogens is 1. The monoisotopic (exact) mass is 442 g/mol. The summed E-state index contributed by atoms with van der Waals surface area (Å²) >= 11 is 2.12. The Kier molecular flexibility index (Phi) is 4.64. The first-order valence-electron chi connectivity index (χ1n) is 10.4. The predicted molar refractivity (Wildman–Crippen MR) is 109 cm³/mol. The van der Waals surface area contributed by atoms with Gasteiger partial charge in [-0.15, -0.1) is 0 Å². The molecule has 136 valence electrons. The van der Waals surface area contributed by atoms with Crippen molar-refractivity contribution in [3.63, 3.8) is 0 Å². The second-order valence-electron chi connectivity index (χ2n) is 10.2. The largest absolute Gasteiger partial charge is 0.312 e. The van der Waals surface area contributed by atoms with Crippen molar-refractivity contribution in [2.24, 2.45) is 40.4 Å². The number of fused-ring (bicyclic) bond motifs is 5. The smallest absolute Gasteiger partial charge is 0.110 e. The van der Waals surface area contributed by atoms with Gasteiger partial charge in [0.05, 0.1) is 6.10 Å². The summed E-state index contributed by atoms with van der Waals surface area (Å²) in [6.07, 6.45) is 14.2. The summed E-state index contributed by atoms with van der Waals surface area (Å²) in [5.74, 6) is 4.70. The molecule has 0 aromatic carbocycles. The van der Waals surface area contributed by atoms with E-state index in [1.165, 1.54) is 51.4 Å². The normalized spacial score (nSPS) is 50.9. The van der Waals surface area contributed by atoms with Crippen LogP contribution < -0.4 is 0 Å². The maximum absolute atomic E-state index is 5.68. The van der Waals surface area contributed by atoms with Crippen molar-refractivity contribution in [1.29, 1.82) is 0 Å². The van der Waals surface area contributed by atoms with Crippen LogP contribution >= 0.6 is 23.0 Å². The van der Waals surface area contributed by atoms with Crippen LogP contribution in [0.4, 0.5) is 0 Å². The maximum atomic E-state index is 5.68. The van der Waals surface area contributed by atoms with E-state index >= 15 is 0 Å². The Hall–Kier alpha value is 0.430. The Morgan fingerprint density at radius 3 is 2.58 bits per heavy atom. The molecule has 4 aliphatic rings. The number of hydrogen-bond acceptors (Lipinski definition) is 1. The van der Waals surface area contributed by atoms with Gasteiger partial charge in [0.15, 0.2) is 0 Å². The highest BCUT2D eigenvalue weighted by molar-refractivity contribution is 14.1. The van der Waals surface area contributed by atoms with E-state index in [0.717, 1.165) is 29.6 Å². The zero-order valence-electron chi connectivity index (χ0n) is 16.0. The van der Waals surface area contributed by atoms with Crippen LogP contribution in [-0.4, -0.2) is 6.10 Å². The molecule has 0 spiro atoms. The minimum atomic E-state index is 0.465. The van der Waals surface area contributed by atoms with Gasteiger partial charge < -0.3 is 3.07 Å². The zero-order valence-corrected chi connectivity index (χ0v) is 18.1. The van der Waals surface area contributed by atoms with E-state index in [-0.39, 0.29) is 0 Å². The van der Waals surface area contributed by atoms with E-state index in [1.807, 2.05) is 0 Å². The predicted octanol–water partition coefficient (Wildman–Crippen LogP) is 6.96.